The fourth-order valence-corrected chi connectivity index (χ4v) is 4.35. The Morgan fingerprint density at radius 2 is 0.506 bits per heavy atom. The number of carbonyl (C=O) groups excluding carboxylic acids is 6. The second kappa shape index (κ2) is 39.1. The predicted octanol–water partition coefficient (Wildman–Crippen LogP) is 14.5. The molecule has 0 heterocycles. The van der Waals surface area contributed by atoms with Crippen LogP contribution in [-0.2, 0) is 70.9 Å². The standard InChI is InChI=1S/2C10H7F3O2.2C10H10O2.2C8H14O2.3Pd/c2*11-10(12,13)9(15)6-8(14)7-4-2-1-3-5-7;2*1-8(11)7-10(12)9-5-3-2-4-6-9;2*1-6(9)5-7(10)8(2,3)4;;;/h2*1-6,15H;2*2-7,11H,1H3;2*5,10H,1-4H3;;;. The molecule has 4 aromatic carbocycles. The molecule has 0 aliphatic carbocycles. The van der Waals surface area contributed by atoms with Gasteiger partial charge >= 0.3 is 12.4 Å². The van der Waals surface area contributed by atoms with Gasteiger partial charge in [0.2, 0.25) is 11.5 Å². The van der Waals surface area contributed by atoms with Crippen LogP contribution in [0.1, 0.15) is 111 Å². The molecule has 12 nitrogen and oxygen atoms in total. The largest absolute Gasteiger partial charge is 0.512 e. The molecule has 6 N–H and O–H groups in total. The van der Waals surface area contributed by atoms with Crippen LogP contribution in [0.4, 0.5) is 26.3 Å². The van der Waals surface area contributed by atoms with Gasteiger partial charge in [0.15, 0.2) is 34.7 Å². The van der Waals surface area contributed by atoms with Crippen molar-refractivity contribution in [2.24, 2.45) is 10.8 Å². The smallest absolute Gasteiger partial charge is 0.448 e. The fourth-order valence-electron chi connectivity index (χ4n) is 4.35. The van der Waals surface area contributed by atoms with Gasteiger partial charge in [0.25, 0.3) is 0 Å². The third-order valence-electron chi connectivity index (χ3n) is 8.25. The fraction of sp³-hybridized carbons (Fsp3) is 0.250. The summed E-state index contributed by atoms with van der Waals surface area (Å²) in [5, 5.41) is 53.1. The van der Waals surface area contributed by atoms with Gasteiger partial charge in [-0.1, -0.05) is 163 Å². The molecule has 0 aromatic heterocycles. The van der Waals surface area contributed by atoms with Gasteiger partial charge in [-0.2, -0.15) is 26.3 Å². The maximum atomic E-state index is 11.9. The first-order valence-corrected chi connectivity index (χ1v) is 21.8. The summed E-state index contributed by atoms with van der Waals surface area (Å²) in [4.78, 5) is 65.7. The summed E-state index contributed by atoms with van der Waals surface area (Å²) in [7, 11) is 0. The summed E-state index contributed by atoms with van der Waals surface area (Å²) in [6, 6.07) is 32.5. The Bertz CT molecular complexity index is 2440. The van der Waals surface area contributed by atoms with Gasteiger partial charge in [0.05, 0.1) is 11.5 Å². The molecule has 21 heteroatoms. The van der Waals surface area contributed by atoms with Crippen molar-refractivity contribution in [2.45, 2.75) is 81.6 Å². The molecule has 0 amide bonds. The van der Waals surface area contributed by atoms with Gasteiger partial charge < -0.3 is 30.6 Å². The molecule has 0 fully saturated rings. The third-order valence-corrected chi connectivity index (χ3v) is 8.25. The van der Waals surface area contributed by atoms with E-state index in [2.05, 4.69) is 0 Å². The number of aliphatic hydroxyl groups excluding tert-OH is 6. The van der Waals surface area contributed by atoms with E-state index in [0.717, 1.165) is 0 Å². The number of allylic oxidation sites excluding steroid dienone is 12. The molecule has 0 aliphatic rings. The number of ketones is 6. The summed E-state index contributed by atoms with van der Waals surface area (Å²) >= 11 is 0. The minimum Gasteiger partial charge on any atom is -0.512 e. The first-order valence-electron chi connectivity index (χ1n) is 21.8. The minimum atomic E-state index is -4.88. The van der Waals surface area contributed by atoms with Crippen LogP contribution < -0.4 is 0 Å². The van der Waals surface area contributed by atoms with Gasteiger partial charge in [-0.25, -0.2) is 0 Å². The Hall–Kier alpha value is -6.29. The van der Waals surface area contributed by atoms with Crippen molar-refractivity contribution in [1.29, 1.82) is 0 Å². The molecule has 77 heavy (non-hydrogen) atoms. The van der Waals surface area contributed by atoms with E-state index in [1.165, 1.54) is 101 Å². The maximum absolute atomic E-state index is 11.9. The van der Waals surface area contributed by atoms with Gasteiger partial charge in [0.1, 0.15) is 11.5 Å². The Balaban J connectivity index is -0.000000269. The zero-order valence-corrected chi connectivity index (χ0v) is 48.0. The van der Waals surface area contributed by atoms with Crippen molar-refractivity contribution in [3.8, 4) is 0 Å². The van der Waals surface area contributed by atoms with Gasteiger partial charge in [-0.15, -0.1) is 0 Å². The van der Waals surface area contributed by atoms with E-state index in [9.17, 15) is 65.3 Å². The van der Waals surface area contributed by atoms with Crippen LogP contribution in [0.5, 0.6) is 0 Å². The van der Waals surface area contributed by atoms with Crippen LogP contribution in [0.25, 0.3) is 0 Å². The van der Waals surface area contributed by atoms with E-state index < -0.39 is 35.4 Å². The number of halogens is 6. The number of hydrogen-bond donors (Lipinski definition) is 6. The van der Waals surface area contributed by atoms with Crippen LogP contribution in [0.2, 0.25) is 0 Å². The van der Waals surface area contributed by atoms with Crippen LogP contribution >= 0.6 is 0 Å². The average molecular weight is 1360 g/mol. The second-order valence-electron chi connectivity index (χ2n) is 17.3. The molecular formula is C56H62F6O12Pd3. The number of hydrogen-bond acceptors (Lipinski definition) is 12. The Morgan fingerprint density at radius 1 is 0.325 bits per heavy atom. The van der Waals surface area contributed by atoms with Gasteiger partial charge in [0, 0.05) is 131 Å². The topological polar surface area (TPSA) is 224 Å². The van der Waals surface area contributed by atoms with Gasteiger partial charge in [-0.05, 0) is 27.7 Å². The van der Waals surface area contributed by atoms with Gasteiger partial charge in [-0.3, -0.25) is 28.8 Å². The van der Waals surface area contributed by atoms with Crippen molar-refractivity contribution < 1.29 is 147 Å². The van der Waals surface area contributed by atoms with E-state index in [0.29, 0.717) is 11.1 Å². The molecule has 430 valence electrons. The summed E-state index contributed by atoms with van der Waals surface area (Å²) < 4.78 is 71.1. The van der Waals surface area contributed by atoms with Crippen LogP contribution in [0.3, 0.4) is 0 Å². The second-order valence-corrected chi connectivity index (χ2v) is 17.3. The molecule has 4 aromatic rings. The van der Waals surface area contributed by atoms with Crippen molar-refractivity contribution in [3.63, 3.8) is 0 Å². The summed E-state index contributed by atoms with van der Waals surface area (Å²) in [6.07, 6.45) is -4.54. The van der Waals surface area contributed by atoms with Crippen LogP contribution in [0.15, 0.2) is 192 Å². The zero-order valence-electron chi connectivity index (χ0n) is 43.4. The third kappa shape index (κ3) is 39.7. The predicted molar refractivity (Wildman–Crippen MR) is 271 cm³/mol. The van der Waals surface area contributed by atoms with Crippen molar-refractivity contribution >= 4 is 34.7 Å². The zero-order chi connectivity index (χ0) is 57.6. The average Bonchev–Trinajstić information content (AvgIpc) is 3.29. The number of rotatable bonds is 10. The quantitative estimate of drug-likeness (QED) is 0.0287. The molecule has 0 saturated carbocycles. The molecule has 0 unspecified atom stereocenters. The summed E-state index contributed by atoms with van der Waals surface area (Å²) in [6.45, 7) is 16.9. The first-order chi connectivity index (χ1) is 33.9. The number of benzene rings is 4. The minimum absolute atomic E-state index is 0. The molecule has 0 radical (unpaired) electrons. The monoisotopic (exact) mass is 1360 g/mol. The molecule has 0 bridgehead atoms. The van der Waals surface area contributed by atoms with E-state index in [1.807, 2.05) is 53.7 Å². The Morgan fingerprint density at radius 3 is 0.636 bits per heavy atom. The van der Waals surface area contributed by atoms with Crippen molar-refractivity contribution in [3.05, 3.63) is 215 Å². The number of carbonyl (C=O) groups is 6. The summed E-state index contributed by atoms with van der Waals surface area (Å²) in [5.41, 5.74) is 0.732. The van der Waals surface area contributed by atoms with Crippen LogP contribution in [-0.4, -0.2) is 77.7 Å². The molecule has 0 atom stereocenters. The Kier molecular flexibility index (Phi) is 40.4. The summed E-state index contributed by atoms with van der Waals surface area (Å²) in [5.74, 6) is -5.79. The van der Waals surface area contributed by atoms with Crippen molar-refractivity contribution in [1.82, 2.24) is 0 Å². The molecule has 0 saturated heterocycles. The van der Waals surface area contributed by atoms with E-state index in [4.69, 9.17) is 20.4 Å². The van der Waals surface area contributed by atoms with E-state index >= 15 is 0 Å². The first kappa shape index (κ1) is 79.6. The SMILES string of the molecule is CC(=O)C=C(O)C(C)(C)C.CC(=O)C=C(O)C(C)(C)C.CC(O)=CC(=O)c1ccccc1.CC(O)=CC(=O)c1ccccc1.O=C(C=C(O)C(F)(F)F)c1ccccc1.O=C(C=C(O)C(F)(F)F)c1ccccc1.[Pd].[Pd].[Pd]. The molecular weight excluding hydrogens is 1300 g/mol. The molecule has 0 spiro atoms. The van der Waals surface area contributed by atoms with E-state index in [1.54, 1.807) is 60.7 Å². The van der Waals surface area contributed by atoms with E-state index in [-0.39, 0.29) is 142 Å². The molecule has 4 rings (SSSR count). The molecule has 0 aliphatic heterocycles. The number of alkyl halides is 6. The normalized spacial score (nSPS) is 11.9. The van der Waals surface area contributed by atoms with Crippen molar-refractivity contribution in [2.75, 3.05) is 0 Å². The Labute approximate surface area is 485 Å². The van der Waals surface area contributed by atoms with Crippen LogP contribution in [0, 0.1) is 10.8 Å². The maximum Gasteiger partial charge on any atom is 0.448 e. The number of aliphatic hydroxyl groups is 6.